The van der Waals surface area contributed by atoms with E-state index in [-0.39, 0.29) is 6.04 Å². The quantitative estimate of drug-likeness (QED) is 0.798. The van der Waals surface area contributed by atoms with Gasteiger partial charge < -0.3 is 9.73 Å². The first-order chi connectivity index (χ1) is 8.79. The van der Waals surface area contributed by atoms with Gasteiger partial charge in [0.05, 0.1) is 12.2 Å². The van der Waals surface area contributed by atoms with Crippen LogP contribution >= 0.6 is 0 Å². The molecule has 1 unspecified atom stereocenters. The third kappa shape index (κ3) is 3.84. The number of hydrogen-bond acceptors (Lipinski definition) is 3. The van der Waals surface area contributed by atoms with Crippen LogP contribution in [0.25, 0.3) is 0 Å². The molecule has 1 aromatic heterocycles. The Morgan fingerprint density at radius 1 is 1.44 bits per heavy atom. The summed E-state index contributed by atoms with van der Waals surface area (Å²) in [5, 5.41) is 3.40. The maximum atomic E-state index is 5.83. The molecule has 0 spiro atoms. The summed E-state index contributed by atoms with van der Waals surface area (Å²) in [6.45, 7) is 5.30. The molecule has 1 atom stereocenters. The minimum Gasteiger partial charge on any atom is -0.444 e. The number of rotatable bonds is 7. The number of nitrogens with zero attached hydrogens (tertiary/aromatic N) is 1. The van der Waals surface area contributed by atoms with Gasteiger partial charge in [0.1, 0.15) is 5.76 Å². The number of oxazole rings is 1. The molecule has 0 saturated heterocycles. The van der Waals surface area contributed by atoms with Crippen LogP contribution in [0.5, 0.6) is 0 Å². The monoisotopic (exact) mass is 250 g/mol. The largest absolute Gasteiger partial charge is 0.444 e. The molecule has 0 amide bonds. The van der Waals surface area contributed by atoms with Crippen LogP contribution in [0, 0.1) is 5.92 Å². The van der Waals surface area contributed by atoms with Crippen LogP contribution in [0.3, 0.4) is 0 Å². The van der Waals surface area contributed by atoms with Crippen LogP contribution < -0.4 is 5.32 Å². The summed E-state index contributed by atoms with van der Waals surface area (Å²) >= 11 is 0. The third-order valence-electron chi connectivity index (χ3n) is 3.92. The summed E-state index contributed by atoms with van der Waals surface area (Å²) in [5.41, 5.74) is 0. The zero-order chi connectivity index (χ0) is 12.8. The van der Waals surface area contributed by atoms with Crippen LogP contribution in [-0.2, 0) is 6.42 Å². The predicted octanol–water partition coefficient (Wildman–Crippen LogP) is 3.86. The van der Waals surface area contributed by atoms with Crippen molar-refractivity contribution in [3.8, 4) is 0 Å². The molecule has 1 N–H and O–H groups in total. The Kier molecular flexibility index (Phi) is 5.24. The Hall–Kier alpha value is -0.830. The molecule has 102 valence electrons. The van der Waals surface area contributed by atoms with E-state index in [0.29, 0.717) is 0 Å². The second kappa shape index (κ2) is 6.93. The number of aromatic nitrogens is 1. The van der Waals surface area contributed by atoms with Gasteiger partial charge in [0.25, 0.3) is 0 Å². The van der Waals surface area contributed by atoms with Gasteiger partial charge >= 0.3 is 0 Å². The molecule has 1 aliphatic carbocycles. The highest BCUT2D eigenvalue weighted by Gasteiger charge is 2.16. The molecule has 0 radical (unpaired) electrons. The molecule has 3 heteroatoms. The van der Waals surface area contributed by atoms with E-state index in [1.165, 1.54) is 32.1 Å². The van der Waals surface area contributed by atoms with E-state index in [0.717, 1.165) is 37.0 Å². The van der Waals surface area contributed by atoms with E-state index in [9.17, 15) is 0 Å². The average Bonchev–Trinajstić information content (AvgIpc) is 3.04. The Morgan fingerprint density at radius 2 is 2.22 bits per heavy atom. The highest BCUT2D eigenvalue weighted by molar-refractivity contribution is 4.98. The van der Waals surface area contributed by atoms with E-state index in [2.05, 4.69) is 24.1 Å². The van der Waals surface area contributed by atoms with Crippen molar-refractivity contribution in [2.75, 3.05) is 6.54 Å². The molecule has 2 rings (SSSR count). The minimum absolute atomic E-state index is 0.227. The molecule has 1 aliphatic rings. The van der Waals surface area contributed by atoms with Gasteiger partial charge in [-0.1, -0.05) is 32.6 Å². The summed E-state index contributed by atoms with van der Waals surface area (Å²) in [7, 11) is 0. The fourth-order valence-corrected chi connectivity index (χ4v) is 2.73. The fraction of sp³-hybridized carbons (Fsp3) is 0.800. The smallest absolute Gasteiger partial charge is 0.211 e. The first kappa shape index (κ1) is 13.6. The van der Waals surface area contributed by atoms with E-state index >= 15 is 0 Å². The normalized spacial score (nSPS) is 18.3. The number of hydrogen-bond donors (Lipinski definition) is 1. The van der Waals surface area contributed by atoms with Crippen molar-refractivity contribution >= 4 is 0 Å². The Morgan fingerprint density at radius 3 is 2.94 bits per heavy atom. The molecular formula is C15H26N2O. The highest BCUT2D eigenvalue weighted by atomic mass is 16.4. The van der Waals surface area contributed by atoms with Gasteiger partial charge in [-0.2, -0.15) is 0 Å². The van der Waals surface area contributed by atoms with Crippen molar-refractivity contribution in [1.82, 2.24) is 10.3 Å². The minimum atomic E-state index is 0.227. The summed E-state index contributed by atoms with van der Waals surface area (Å²) in [6.07, 6.45) is 11.0. The van der Waals surface area contributed by atoms with E-state index in [1.807, 2.05) is 6.20 Å². The first-order valence-electron chi connectivity index (χ1n) is 7.47. The lowest BCUT2D eigenvalue weighted by Crippen LogP contribution is -2.19. The molecular weight excluding hydrogens is 224 g/mol. The Balaban J connectivity index is 1.77. The molecule has 1 saturated carbocycles. The molecule has 3 nitrogen and oxygen atoms in total. The van der Waals surface area contributed by atoms with Gasteiger partial charge in [0, 0.05) is 6.42 Å². The van der Waals surface area contributed by atoms with Crippen LogP contribution in [0.4, 0.5) is 0 Å². The van der Waals surface area contributed by atoms with Crippen LogP contribution in [-0.4, -0.2) is 11.5 Å². The molecule has 0 bridgehead atoms. The summed E-state index contributed by atoms with van der Waals surface area (Å²) in [6, 6.07) is 0.227. The van der Waals surface area contributed by atoms with Crippen molar-refractivity contribution in [2.45, 2.75) is 64.8 Å². The number of nitrogens with one attached hydrogen (secondary N) is 1. The standard InChI is InChI=1S/C15H26N2O/c1-3-10-16-12(2)15-17-11-14(18-15)9-8-13-6-4-5-7-13/h11-13,16H,3-10H2,1-2H3. The summed E-state index contributed by atoms with van der Waals surface area (Å²) in [5.74, 6) is 2.82. The van der Waals surface area contributed by atoms with Crippen molar-refractivity contribution in [2.24, 2.45) is 5.92 Å². The van der Waals surface area contributed by atoms with Gasteiger partial charge in [-0.3, -0.25) is 0 Å². The fourth-order valence-electron chi connectivity index (χ4n) is 2.73. The number of aryl methyl sites for hydroxylation is 1. The lowest BCUT2D eigenvalue weighted by atomic mass is 10.0. The molecule has 1 aromatic rings. The van der Waals surface area contributed by atoms with Gasteiger partial charge in [-0.15, -0.1) is 0 Å². The molecule has 1 heterocycles. The van der Waals surface area contributed by atoms with Crippen LogP contribution in [0.2, 0.25) is 0 Å². The maximum absolute atomic E-state index is 5.83. The van der Waals surface area contributed by atoms with E-state index < -0.39 is 0 Å². The van der Waals surface area contributed by atoms with Crippen molar-refractivity contribution in [3.05, 3.63) is 17.8 Å². The predicted molar refractivity (Wildman–Crippen MR) is 73.5 cm³/mol. The zero-order valence-corrected chi connectivity index (χ0v) is 11.7. The third-order valence-corrected chi connectivity index (χ3v) is 3.92. The van der Waals surface area contributed by atoms with E-state index in [4.69, 9.17) is 4.42 Å². The molecule has 18 heavy (non-hydrogen) atoms. The second-order valence-corrected chi connectivity index (χ2v) is 5.53. The zero-order valence-electron chi connectivity index (χ0n) is 11.7. The van der Waals surface area contributed by atoms with Crippen molar-refractivity contribution < 1.29 is 4.42 Å². The Bertz CT molecular complexity index is 342. The first-order valence-corrected chi connectivity index (χ1v) is 7.47. The topological polar surface area (TPSA) is 38.1 Å². The Labute approximate surface area is 110 Å². The summed E-state index contributed by atoms with van der Waals surface area (Å²) < 4.78 is 5.83. The molecule has 1 fully saturated rings. The lowest BCUT2D eigenvalue weighted by Gasteiger charge is -2.09. The molecule has 0 aliphatic heterocycles. The SMILES string of the molecule is CCCNC(C)c1ncc(CCC2CCCC2)o1. The van der Waals surface area contributed by atoms with Crippen LogP contribution in [0.15, 0.2) is 10.6 Å². The lowest BCUT2D eigenvalue weighted by molar-refractivity contribution is 0.382. The maximum Gasteiger partial charge on any atom is 0.211 e. The van der Waals surface area contributed by atoms with E-state index in [1.54, 1.807) is 0 Å². The van der Waals surface area contributed by atoms with Gasteiger partial charge in [-0.25, -0.2) is 4.98 Å². The summed E-state index contributed by atoms with van der Waals surface area (Å²) in [4.78, 5) is 4.39. The average molecular weight is 250 g/mol. The van der Waals surface area contributed by atoms with Gasteiger partial charge in [0.2, 0.25) is 5.89 Å². The highest BCUT2D eigenvalue weighted by Crippen LogP contribution is 2.28. The van der Waals surface area contributed by atoms with Crippen molar-refractivity contribution in [1.29, 1.82) is 0 Å². The second-order valence-electron chi connectivity index (χ2n) is 5.53. The van der Waals surface area contributed by atoms with Crippen molar-refractivity contribution in [3.63, 3.8) is 0 Å². The molecule has 0 aromatic carbocycles. The van der Waals surface area contributed by atoms with Gasteiger partial charge in [-0.05, 0) is 32.2 Å². The van der Waals surface area contributed by atoms with Gasteiger partial charge in [0.15, 0.2) is 0 Å². The van der Waals surface area contributed by atoms with Crippen LogP contribution in [0.1, 0.15) is 70.1 Å².